The van der Waals surface area contributed by atoms with Gasteiger partial charge in [0.15, 0.2) is 0 Å². The minimum Gasteiger partial charge on any atom is -0.480 e. The number of amides is 1. The molecule has 0 aliphatic carbocycles. The van der Waals surface area contributed by atoms with E-state index < -0.39 is 17.9 Å². The molecular weight excluding hydrogens is 350 g/mol. The molecule has 0 spiro atoms. The van der Waals surface area contributed by atoms with Crippen LogP contribution in [0.15, 0.2) is 60.7 Å². The Labute approximate surface area is 168 Å². The van der Waals surface area contributed by atoms with Gasteiger partial charge in [-0.2, -0.15) is 0 Å². The third kappa shape index (κ3) is 6.84. The highest BCUT2D eigenvalue weighted by Gasteiger charge is 2.27. The van der Waals surface area contributed by atoms with E-state index in [0.29, 0.717) is 6.42 Å². The fourth-order valence-corrected chi connectivity index (χ4v) is 3.43. The van der Waals surface area contributed by atoms with Crippen molar-refractivity contribution in [2.45, 2.75) is 63.8 Å². The molecule has 0 heterocycles. The van der Waals surface area contributed by atoms with Gasteiger partial charge < -0.3 is 10.4 Å². The van der Waals surface area contributed by atoms with Crippen LogP contribution in [0.25, 0.3) is 0 Å². The Morgan fingerprint density at radius 1 is 0.821 bits per heavy atom. The average molecular weight is 382 g/mol. The van der Waals surface area contributed by atoms with E-state index in [1.54, 1.807) is 0 Å². The van der Waals surface area contributed by atoms with Crippen LogP contribution in [0.4, 0.5) is 0 Å². The van der Waals surface area contributed by atoms with Gasteiger partial charge in [-0.25, -0.2) is 4.79 Å². The van der Waals surface area contributed by atoms with Gasteiger partial charge in [0.1, 0.15) is 6.04 Å². The predicted molar refractivity (Wildman–Crippen MR) is 112 cm³/mol. The van der Waals surface area contributed by atoms with Gasteiger partial charge in [0, 0.05) is 0 Å². The van der Waals surface area contributed by atoms with Crippen molar-refractivity contribution in [2.75, 3.05) is 0 Å². The second-order valence-electron chi connectivity index (χ2n) is 7.21. The van der Waals surface area contributed by atoms with Crippen LogP contribution in [0.5, 0.6) is 0 Å². The predicted octanol–water partition coefficient (Wildman–Crippen LogP) is 5.14. The molecule has 0 fully saturated rings. The van der Waals surface area contributed by atoms with E-state index >= 15 is 0 Å². The molecule has 0 radical (unpaired) electrons. The number of aliphatic carboxylic acids is 1. The van der Waals surface area contributed by atoms with Gasteiger partial charge in [-0.3, -0.25) is 4.79 Å². The van der Waals surface area contributed by atoms with E-state index in [4.69, 9.17) is 0 Å². The highest BCUT2D eigenvalue weighted by Crippen LogP contribution is 2.25. The first-order valence-electron chi connectivity index (χ1n) is 10.3. The highest BCUT2D eigenvalue weighted by atomic mass is 16.4. The van der Waals surface area contributed by atoms with Crippen molar-refractivity contribution < 1.29 is 14.7 Å². The van der Waals surface area contributed by atoms with Gasteiger partial charge in [0.05, 0.1) is 5.92 Å². The van der Waals surface area contributed by atoms with Gasteiger partial charge in [-0.15, -0.1) is 0 Å². The summed E-state index contributed by atoms with van der Waals surface area (Å²) in [7, 11) is 0. The number of carboxylic acid groups (broad SMARTS) is 1. The molecule has 2 rings (SSSR count). The van der Waals surface area contributed by atoms with Gasteiger partial charge in [-0.1, -0.05) is 106 Å². The lowest BCUT2D eigenvalue weighted by molar-refractivity contribution is -0.142. The first-order chi connectivity index (χ1) is 13.6. The quantitative estimate of drug-likeness (QED) is 0.500. The molecule has 2 N–H and O–H groups in total. The van der Waals surface area contributed by atoms with Crippen molar-refractivity contribution in [3.63, 3.8) is 0 Å². The Kier molecular flexibility index (Phi) is 9.26. The van der Waals surface area contributed by atoms with E-state index in [1.165, 1.54) is 19.3 Å². The molecule has 0 aliphatic rings. The van der Waals surface area contributed by atoms with Crippen LogP contribution >= 0.6 is 0 Å². The van der Waals surface area contributed by atoms with Gasteiger partial charge in [-0.05, 0) is 17.5 Å². The smallest absolute Gasteiger partial charge is 0.326 e. The Hall–Kier alpha value is -2.62. The van der Waals surface area contributed by atoms with Crippen LogP contribution in [0, 0.1) is 0 Å². The molecule has 4 heteroatoms. The molecule has 28 heavy (non-hydrogen) atoms. The Morgan fingerprint density at radius 2 is 1.32 bits per heavy atom. The average Bonchev–Trinajstić information content (AvgIpc) is 2.71. The second kappa shape index (κ2) is 12.0. The van der Waals surface area contributed by atoms with Crippen LogP contribution in [-0.2, 0) is 9.59 Å². The summed E-state index contributed by atoms with van der Waals surface area (Å²) in [6.07, 6.45) is 6.98. The van der Waals surface area contributed by atoms with Crippen LogP contribution in [0.3, 0.4) is 0 Å². The van der Waals surface area contributed by atoms with Crippen LogP contribution in [0.2, 0.25) is 0 Å². The molecule has 2 aromatic rings. The normalized spacial score (nSPS) is 11.9. The zero-order valence-electron chi connectivity index (χ0n) is 16.6. The van der Waals surface area contributed by atoms with Crippen LogP contribution < -0.4 is 5.32 Å². The topological polar surface area (TPSA) is 66.4 Å². The molecule has 150 valence electrons. The van der Waals surface area contributed by atoms with Crippen LogP contribution in [0.1, 0.15) is 68.9 Å². The van der Waals surface area contributed by atoms with Gasteiger partial charge in [0.25, 0.3) is 0 Å². The summed E-state index contributed by atoms with van der Waals surface area (Å²) >= 11 is 0. The summed E-state index contributed by atoms with van der Waals surface area (Å²) in [5.41, 5.74) is 1.71. The number of rotatable bonds is 12. The standard InChI is InChI=1S/C24H31NO3/c1-2-3-4-5-6-13-18-21(24(27)28)25-23(26)22(19-14-9-7-10-15-19)20-16-11-8-12-17-20/h7-12,14-17,21-22H,2-6,13,18H2,1H3,(H,25,26)(H,27,28)/t21-/m0/s1. The minimum atomic E-state index is -0.971. The maximum atomic E-state index is 13.1. The lowest BCUT2D eigenvalue weighted by atomic mass is 9.90. The van der Waals surface area contributed by atoms with Gasteiger partial charge >= 0.3 is 5.97 Å². The van der Waals surface area contributed by atoms with Gasteiger partial charge in [0.2, 0.25) is 5.91 Å². The largest absolute Gasteiger partial charge is 0.480 e. The Morgan fingerprint density at radius 3 is 1.82 bits per heavy atom. The SMILES string of the molecule is CCCCCCCC[C@H](NC(=O)C(c1ccccc1)c1ccccc1)C(=O)O. The third-order valence-electron chi connectivity index (χ3n) is 4.99. The number of carbonyl (C=O) groups excluding carboxylic acids is 1. The lowest BCUT2D eigenvalue weighted by Gasteiger charge is -2.21. The zero-order valence-corrected chi connectivity index (χ0v) is 16.6. The van der Waals surface area contributed by atoms with Crippen molar-refractivity contribution >= 4 is 11.9 Å². The van der Waals surface area contributed by atoms with Crippen molar-refractivity contribution in [1.82, 2.24) is 5.32 Å². The molecule has 0 aliphatic heterocycles. The molecule has 2 aromatic carbocycles. The van der Waals surface area contributed by atoms with Crippen molar-refractivity contribution in [3.05, 3.63) is 71.8 Å². The summed E-state index contributed by atoms with van der Waals surface area (Å²) < 4.78 is 0. The number of carboxylic acids is 1. The monoisotopic (exact) mass is 381 g/mol. The van der Waals surface area contributed by atoms with E-state index in [1.807, 2.05) is 60.7 Å². The first kappa shape index (κ1) is 21.7. The fraction of sp³-hybridized carbons (Fsp3) is 0.417. The number of benzene rings is 2. The molecule has 0 saturated carbocycles. The van der Waals surface area contributed by atoms with Crippen molar-refractivity contribution in [1.29, 1.82) is 0 Å². The van der Waals surface area contributed by atoms with Crippen LogP contribution in [-0.4, -0.2) is 23.0 Å². The van der Waals surface area contributed by atoms with Crippen molar-refractivity contribution in [2.24, 2.45) is 0 Å². The summed E-state index contributed by atoms with van der Waals surface area (Å²) in [6.45, 7) is 2.17. The van der Waals surface area contributed by atoms with E-state index in [-0.39, 0.29) is 5.91 Å². The number of carbonyl (C=O) groups is 2. The van der Waals surface area contributed by atoms with E-state index in [0.717, 1.165) is 30.4 Å². The molecule has 4 nitrogen and oxygen atoms in total. The molecule has 0 bridgehead atoms. The molecular formula is C24H31NO3. The molecule has 0 unspecified atom stereocenters. The number of nitrogens with one attached hydrogen (secondary N) is 1. The third-order valence-corrected chi connectivity index (χ3v) is 4.99. The highest BCUT2D eigenvalue weighted by molar-refractivity contribution is 5.90. The minimum absolute atomic E-state index is 0.268. The summed E-state index contributed by atoms with van der Waals surface area (Å²) in [5.74, 6) is -1.76. The maximum Gasteiger partial charge on any atom is 0.326 e. The Balaban J connectivity index is 2.05. The van der Waals surface area contributed by atoms with E-state index in [9.17, 15) is 14.7 Å². The lowest BCUT2D eigenvalue weighted by Crippen LogP contribution is -2.43. The molecule has 0 saturated heterocycles. The van der Waals surface area contributed by atoms with E-state index in [2.05, 4.69) is 12.2 Å². The fourth-order valence-electron chi connectivity index (χ4n) is 3.43. The second-order valence-corrected chi connectivity index (χ2v) is 7.21. The molecule has 1 atom stereocenters. The summed E-state index contributed by atoms with van der Waals surface area (Å²) in [6, 6.07) is 18.1. The zero-order chi connectivity index (χ0) is 20.2. The Bertz CT molecular complexity index is 676. The summed E-state index contributed by atoms with van der Waals surface area (Å²) in [5, 5.41) is 12.3. The number of hydrogen-bond donors (Lipinski definition) is 2. The first-order valence-corrected chi connectivity index (χ1v) is 10.3. The number of unbranched alkanes of at least 4 members (excludes halogenated alkanes) is 5. The number of hydrogen-bond acceptors (Lipinski definition) is 2. The molecule has 0 aromatic heterocycles. The summed E-state index contributed by atoms with van der Waals surface area (Å²) in [4.78, 5) is 24.7. The maximum absolute atomic E-state index is 13.1. The van der Waals surface area contributed by atoms with Crippen molar-refractivity contribution in [3.8, 4) is 0 Å². The molecule has 1 amide bonds.